The molecule has 1 unspecified atom stereocenters. The van der Waals surface area contributed by atoms with Crippen molar-refractivity contribution >= 4 is 11.6 Å². The predicted molar refractivity (Wildman–Crippen MR) is 64.2 cm³/mol. The third-order valence-corrected chi connectivity index (χ3v) is 2.50. The SMILES string of the molecule is C#CCCCC(NN)c1cccc(Cl)c1. The minimum atomic E-state index is 0.122. The molecule has 0 fully saturated rings. The second kappa shape index (κ2) is 6.47. The van der Waals surface area contributed by atoms with Crippen LogP contribution in [0.15, 0.2) is 24.3 Å². The van der Waals surface area contributed by atoms with Crippen molar-refractivity contribution in [2.75, 3.05) is 0 Å². The second-order valence-corrected chi connectivity index (χ2v) is 3.81. The lowest BCUT2D eigenvalue weighted by Gasteiger charge is -2.15. The highest BCUT2D eigenvalue weighted by Gasteiger charge is 2.08. The van der Waals surface area contributed by atoms with Gasteiger partial charge in [0.15, 0.2) is 0 Å². The molecule has 1 atom stereocenters. The van der Waals surface area contributed by atoms with Gasteiger partial charge in [0, 0.05) is 17.5 Å². The molecule has 15 heavy (non-hydrogen) atoms. The van der Waals surface area contributed by atoms with Crippen LogP contribution in [0.25, 0.3) is 0 Å². The normalized spacial score (nSPS) is 12.1. The van der Waals surface area contributed by atoms with E-state index >= 15 is 0 Å². The molecule has 0 bridgehead atoms. The summed E-state index contributed by atoms with van der Waals surface area (Å²) >= 11 is 5.91. The molecule has 0 heterocycles. The Hall–Kier alpha value is -1.01. The van der Waals surface area contributed by atoms with Crippen molar-refractivity contribution in [2.45, 2.75) is 25.3 Å². The Morgan fingerprint density at radius 2 is 2.33 bits per heavy atom. The van der Waals surface area contributed by atoms with Crippen molar-refractivity contribution in [3.8, 4) is 12.3 Å². The van der Waals surface area contributed by atoms with Gasteiger partial charge >= 0.3 is 0 Å². The Kier molecular flexibility index (Phi) is 5.20. The van der Waals surface area contributed by atoms with Crippen LogP contribution in [0.4, 0.5) is 0 Å². The van der Waals surface area contributed by atoms with Gasteiger partial charge in [-0.2, -0.15) is 0 Å². The van der Waals surface area contributed by atoms with Crippen LogP contribution in [-0.2, 0) is 0 Å². The highest BCUT2D eigenvalue weighted by Crippen LogP contribution is 2.21. The predicted octanol–water partition coefficient (Wildman–Crippen LogP) is 2.65. The summed E-state index contributed by atoms with van der Waals surface area (Å²) in [6, 6.07) is 7.81. The summed E-state index contributed by atoms with van der Waals surface area (Å²) < 4.78 is 0. The van der Waals surface area contributed by atoms with Crippen LogP contribution in [0.3, 0.4) is 0 Å². The summed E-state index contributed by atoms with van der Waals surface area (Å²) in [5.74, 6) is 8.11. The van der Waals surface area contributed by atoms with Gasteiger partial charge in [0.05, 0.1) is 0 Å². The Labute approximate surface area is 95.8 Å². The van der Waals surface area contributed by atoms with Crippen LogP contribution >= 0.6 is 11.6 Å². The van der Waals surface area contributed by atoms with Crippen molar-refractivity contribution in [1.82, 2.24) is 5.43 Å². The monoisotopic (exact) mass is 222 g/mol. The minimum absolute atomic E-state index is 0.122. The fourth-order valence-electron chi connectivity index (χ4n) is 1.48. The van der Waals surface area contributed by atoms with E-state index in [0.717, 1.165) is 29.8 Å². The third-order valence-electron chi connectivity index (χ3n) is 2.27. The van der Waals surface area contributed by atoms with E-state index in [2.05, 4.69) is 11.3 Å². The van der Waals surface area contributed by atoms with Crippen molar-refractivity contribution in [3.05, 3.63) is 34.9 Å². The number of rotatable bonds is 5. The standard InChI is InChI=1S/C12H15ClN2/c1-2-3-4-8-12(15-14)10-6-5-7-11(13)9-10/h1,5-7,9,12,15H,3-4,8,14H2. The van der Waals surface area contributed by atoms with Gasteiger partial charge < -0.3 is 0 Å². The van der Waals surface area contributed by atoms with Crippen LogP contribution in [-0.4, -0.2) is 0 Å². The zero-order valence-electron chi connectivity index (χ0n) is 8.54. The van der Waals surface area contributed by atoms with Gasteiger partial charge in [0.1, 0.15) is 0 Å². The van der Waals surface area contributed by atoms with E-state index in [1.807, 2.05) is 24.3 Å². The lowest BCUT2D eigenvalue weighted by Crippen LogP contribution is -2.27. The fourth-order valence-corrected chi connectivity index (χ4v) is 1.68. The topological polar surface area (TPSA) is 38.0 Å². The van der Waals surface area contributed by atoms with Crippen LogP contribution in [0.5, 0.6) is 0 Å². The summed E-state index contributed by atoms with van der Waals surface area (Å²) in [5, 5.41) is 0.727. The summed E-state index contributed by atoms with van der Waals surface area (Å²) in [6.07, 6.45) is 7.85. The van der Waals surface area contributed by atoms with E-state index in [1.54, 1.807) is 0 Å². The molecular formula is C12H15ClN2. The molecule has 0 aliphatic rings. The second-order valence-electron chi connectivity index (χ2n) is 3.37. The number of halogens is 1. The largest absolute Gasteiger partial charge is 0.271 e. The summed E-state index contributed by atoms with van der Waals surface area (Å²) in [4.78, 5) is 0. The molecule has 0 aliphatic heterocycles. The molecule has 1 rings (SSSR count). The smallest absolute Gasteiger partial charge is 0.0460 e. The first-order chi connectivity index (χ1) is 7.27. The maximum Gasteiger partial charge on any atom is 0.0460 e. The molecule has 1 aromatic rings. The Morgan fingerprint density at radius 3 is 2.93 bits per heavy atom. The van der Waals surface area contributed by atoms with E-state index in [4.69, 9.17) is 23.9 Å². The fraction of sp³-hybridized carbons (Fsp3) is 0.333. The van der Waals surface area contributed by atoms with E-state index in [0.29, 0.717) is 0 Å². The zero-order valence-corrected chi connectivity index (χ0v) is 9.30. The zero-order chi connectivity index (χ0) is 11.1. The quantitative estimate of drug-likeness (QED) is 0.348. The van der Waals surface area contributed by atoms with Gasteiger partial charge in [0.25, 0.3) is 0 Å². The third kappa shape index (κ3) is 3.93. The number of unbranched alkanes of at least 4 members (excludes halogenated alkanes) is 1. The molecule has 3 heteroatoms. The number of hydrogen-bond donors (Lipinski definition) is 2. The van der Waals surface area contributed by atoms with Gasteiger partial charge in [-0.15, -0.1) is 12.3 Å². The highest BCUT2D eigenvalue weighted by molar-refractivity contribution is 6.30. The Morgan fingerprint density at radius 1 is 1.53 bits per heavy atom. The van der Waals surface area contributed by atoms with Gasteiger partial charge in [0.2, 0.25) is 0 Å². The van der Waals surface area contributed by atoms with Crippen molar-refractivity contribution in [2.24, 2.45) is 5.84 Å². The molecule has 0 aromatic heterocycles. The van der Waals surface area contributed by atoms with E-state index in [-0.39, 0.29) is 6.04 Å². The summed E-state index contributed by atoms with van der Waals surface area (Å²) in [5.41, 5.74) is 3.88. The van der Waals surface area contributed by atoms with Crippen LogP contribution in [0, 0.1) is 12.3 Å². The van der Waals surface area contributed by atoms with Gasteiger partial charge in [-0.05, 0) is 30.5 Å². The van der Waals surface area contributed by atoms with E-state index in [9.17, 15) is 0 Å². The number of benzene rings is 1. The minimum Gasteiger partial charge on any atom is -0.271 e. The number of nitrogens with one attached hydrogen (secondary N) is 1. The first kappa shape index (κ1) is 12.1. The molecule has 1 aromatic carbocycles. The average Bonchev–Trinajstić information content (AvgIpc) is 2.24. The summed E-state index contributed by atoms with van der Waals surface area (Å²) in [6.45, 7) is 0. The molecule has 0 saturated heterocycles. The van der Waals surface area contributed by atoms with Gasteiger partial charge in [-0.1, -0.05) is 23.7 Å². The number of hydrazine groups is 1. The molecule has 0 spiro atoms. The van der Waals surface area contributed by atoms with E-state index < -0.39 is 0 Å². The number of nitrogens with two attached hydrogens (primary N) is 1. The number of hydrogen-bond acceptors (Lipinski definition) is 2. The first-order valence-electron chi connectivity index (χ1n) is 4.93. The lowest BCUT2D eigenvalue weighted by molar-refractivity contribution is 0.502. The van der Waals surface area contributed by atoms with Crippen molar-refractivity contribution < 1.29 is 0 Å². The maximum absolute atomic E-state index is 5.91. The van der Waals surface area contributed by atoms with Crippen LogP contribution in [0.2, 0.25) is 5.02 Å². The average molecular weight is 223 g/mol. The first-order valence-corrected chi connectivity index (χ1v) is 5.30. The molecular weight excluding hydrogens is 208 g/mol. The maximum atomic E-state index is 5.91. The lowest BCUT2D eigenvalue weighted by atomic mass is 10.0. The number of terminal acetylenes is 1. The molecule has 0 aliphatic carbocycles. The van der Waals surface area contributed by atoms with E-state index in [1.165, 1.54) is 0 Å². The van der Waals surface area contributed by atoms with Gasteiger partial charge in [-0.25, -0.2) is 0 Å². The van der Waals surface area contributed by atoms with Crippen LogP contribution in [0.1, 0.15) is 30.9 Å². The molecule has 0 radical (unpaired) electrons. The molecule has 0 amide bonds. The van der Waals surface area contributed by atoms with Crippen molar-refractivity contribution in [3.63, 3.8) is 0 Å². The van der Waals surface area contributed by atoms with Crippen molar-refractivity contribution in [1.29, 1.82) is 0 Å². The molecule has 3 N–H and O–H groups in total. The highest BCUT2D eigenvalue weighted by atomic mass is 35.5. The Balaban J connectivity index is 2.62. The van der Waals surface area contributed by atoms with Gasteiger partial charge in [-0.3, -0.25) is 11.3 Å². The molecule has 2 nitrogen and oxygen atoms in total. The Bertz CT molecular complexity index is 344. The molecule has 80 valence electrons. The van der Waals surface area contributed by atoms with Crippen LogP contribution < -0.4 is 11.3 Å². The summed E-state index contributed by atoms with van der Waals surface area (Å²) in [7, 11) is 0. The molecule has 0 saturated carbocycles.